The number of nitrogens with zero attached hydrogens (tertiary/aromatic N) is 4. The Morgan fingerprint density at radius 2 is 1.97 bits per heavy atom. The molecule has 1 saturated carbocycles. The van der Waals surface area contributed by atoms with E-state index in [-0.39, 0.29) is 17.9 Å². The third-order valence-electron chi connectivity index (χ3n) is 5.84. The van der Waals surface area contributed by atoms with Crippen LogP contribution in [0.25, 0.3) is 0 Å². The van der Waals surface area contributed by atoms with Crippen LogP contribution in [0.2, 0.25) is 0 Å². The first-order chi connectivity index (χ1) is 14.6. The predicted octanol–water partition coefficient (Wildman–Crippen LogP) is 2.19. The number of amides is 2. The number of piperidine rings is 1. The van der Waals surface area contributed by atoms with Gasteiger partial charge in [-0.15, -0.1) is 5.10 Å². The van der Waals surface area contributed by atoms with Crippen LogP contribution in [0.4, 0.5) is 0 Å². The smallest absolute Gasteiger partial charge is 0.273 e. The molecule has 1 saturated heterocycles. The summed E-state index contributed by atoms with van der Waals surface area (Å²) in [4.78, 5) is 27.1. The van der Waals surface area contributed by atoms with Crippen LogP contribution in [0.3, 0.4) is 0 Å². The van der Waals surface area contributed by atoms with Gasteiger partial charge in [-0.05, 0) is 56.2 Å². The van der Waals surface area contributed by atoms with Crippen molar-refractivity contribution in [2.45, 2.75) is 63.6 Å². The Bertz CT molecular complexity index is 875. The zero-order valence-electron chi connectivity index (χ0n) is 17.4. The molecule has 1 atom stereocenters. The van der Waals surface area contributed by atoms with Gasteiger partial charge >= 0.3 is 0 Å². The van der Waals surface area contributed by atoms with Gasteiger partial charge in [-0.2, -0.15) is 0 Å². The van der Waals surface area contributed by atoms with Crippen molar-refractivity contribution < 1.29 is 14.3 Å². The van der Waals surface area contributed by atoms with Gasteiger partial charge in [0.2, 0.25) is 5.91 Å². The number of rotatable bonds is 8. The van der Waals surface area contributed by atoms with E-state index < -0.39 is 0 Å². The van der Waals surface area contributed by atoms with E-state index in [1.165, 1.54) is 0 Å². The fourth-order valence-corrected chi connectivity index (χ4v) is 3.93. The molecule has 160 valence electrons. The maximum atomic E-state index is 13.0. The minimum Gasteiger partial charge on any atom is -0.497 e. The predicted molar refractivity (Wildman–Crippen MR) is 111 cm³/mol. The molecule has 0 spiro atoms. The minimum atomic E-state index is -0.155. The third-order valence-corrected chi connectivity index (χ3v) is 5.84. The van der Waals surface area contributed by atoms with Crippen molar-refractivity contribution in [3.8, 4) is 5.75 Å². The van der Waals surface area contributed by atoms with Gasteiger partial charge < -0.3 is 15.0 Å². The van der Waals surface area contributed by atoms with E-state index in [2.05, 4.69) is 15.6 Å². The molecule has 0 unspecified atom stereocenters. The number of benzene rings is 1. The lowest BCUT2D eigenvalue weighted by molar-refractivity contribution is -0.134. The number of aromatic nitrogens is 3. The molecule has 1 aliphatic carbocycles. The number of carbonyl (C=O) groups is 2. The number of carbonyl (C=O) groups excluding carboxylic acids is 2. The monoisotopic (exact) mass is 411 g/mol. The van der Waals surface area contributed by atoms with Gasteiger partial charge in [-0.1, -0.05) is 17.3 Å². The van der Waals surface area contributed by atoms with Crippen LogP contribution in [0, 0.1) is 0 Å². The van der Waals surface area contributed by atoms with Gasteiger partial charge in [-0.25, -0.2) is 0 Å². The van der Waals surface area contributed by atoms with E-state index in [4.69, 9.17) is 4.74 Å². The Labute approximate surface area is 176 Å². The molecule has 2 amide bonds. The average Bonchev–Trinajstić information content (AvgIpc) is 3.45. The molecule has 8 heteroatoms. The second-order valence-corrected chi connectivity index (χ2v) is 8.16. The van der Waals surface area contributed by atoms with Crippen molar-refractivity contribution in [3.63, 3.8) is 0 Å². The van der Waals surface area contributed by atoms with Crippen molar-refractivity contribution in [2.24, 2.45) is 0 Å². The number of hydrogen-bond acceptors (Lipinski definition) is 5. The van der Waals surface area contributed by atoms with Crippen molar-refractivity contribution in [3.05, 3.63) is 41.7 Å². The molecule has 0 radical (unpaired) electrons. The first-order valence-corrected chi connectivity index (χ1v) is 10.8. The number of aryl methyl sites for hydroxylation is 1. The van der Waals surface area contributed by atoms with Crippen LogP contribution < -0.4 is 10.1 Å². The van der Waals surface area contributed by atoms with E-state index >= 15 is 0 Å². The van der Waals surface area contributed by atoms with E-state index in [1.54, 1.807) is 18.0 Å². The maximum absolute atomic E-state index is 13.0. The Morgan fingerprint density at radius 3 is 2.70 bits per heavy atom. The summed E-state index contributed by atoms with van der Waals surface area (Å²) in [6, 6.07) is 8.15. The molecule has 2 fully saturated rings. The SMILES string of the molecule is COc1ccc(CC(=O)N2CCCC[C@@H]2CCn2cc(C(=O)NC3CC3)nn2)cc1. The van der Waals surface area contributed by atoms with Crippen molar-refractivity contribution in [2.75, 3.05) is 13.7 Å². The summed E-state index contributed by atoms with van der Waals surface area (Å²) in [7, 11) is 1.64. The lowest BCUT2D eigenvalue weighted by Gasteiger charge is -2.36. The van der Waals surface area contributed by atoms with Gasteiger partial charge in [0, 0.05) is 25.2 Å². The summed E-state index contributed by atoms with van der Waals surface area (Å²) in [5.41, 5.74) is 1.35. The van der Waals surface area contributed by atoms with Crippen LogP contribution >= 0.6 is 0 Å². The highest BCUT2D eigenvalue weighted by Gasteiger charge is 2.27. The van der Waals surface area contributed by atoms with Crippen molar-refractivity contribution in [1.29, 1.82) is 0 Å². The lowest BCUT2D eigenvalue weighted by Crippen LogP contribution is -2.44. The summed E-state index contributed by atoms with van der Waals surface area (Å²) in [5.74, 6) is 0.797. The van der Waals surface area contributed by atoms with E-state index in [9.17, 15) is 9.59 Å². The van der Waals surface area contributed by atoms with Gasteiger partial charge in [0.05, 0.1) is 19.7 Å². The fraction of sp³-hybridized carbons (Fsp3) is 0.545. The maximum Gasteiger partial charge on any atom is 0.273 e. The Hall–Kier alpha value is -2.90. The standard InChI is InChI=1S/C22H29N5O3/c1-30-19-9-5-16(6-10-19)14-21(28)27-12-3-2-4-18(27)11-13-26-15-20(24-25-26)22(29)23-17-7-8-17/h5-6,9-10,15,17-18H,2-4,7-8,11-14H2,1H3,(H,23,29)/t18-/m1/s1. The molecule has 2 aromatic rings. The van der Waals surface area contributed by atoms with E-state index in [1.807, 2.05) is 29.2 Å². The molecule has 0 bridgehead atoms. The van der Waals surface area contributed by atoms with Crippen LogP contribution in [-0.2, 0) is 17.8 Å². The molecular weight excluding hydrogens is 382 g/mol. The highest BCUT2D eigenvalue weighted by atomic mass is 16.5. The number of ether oxygens (including phenoxy) is 1. The lowest BCUT2D eigenvalue weighted by atomic mass is 9.98. The van der Waals surface area contributed by atoms with Crippen LogP contribution in [0.1, 0.15) is 54.6 Å². The van der Waals surface area contributed by atoms with Gasteiger partial charge in [0.1, 0.15) is 5.75 Å². The number of hydrogen-bond donors (Lipinski definition) is 1. The summed E-state index contributed by atoms with van der Waals surface area (Å²) < 4.78 is 6.90. The third kappa shape index (κ3) is 5.17. The zero-order valence-corrected chi connectivity index (χ0v) is 17.4. The summed E-state index contributed by atoms with van der Waals surface area (Å²) in [5, 5.41) is 11.0. The zero-order chi connectivity index (χ0) is 20.9. The first-order valence-electron chi connectivity index (χ1n) is 10.8. The summed E-state index contributed by atoms with van der Waals surface area (Å²) in [6.07, 6.45) is 8.16. The van der Waals surface area contributed by atoms with E-state index in [0.29, 0.717) is 24.7 Å². The fourth-order valence-electron chi connectivity index (χ4n) is 3.93. The average molecular weight is 412 g/mol. The molecule has 1 aliphatic heterocycles. The second kappa shape index (κ2) is 9.28. The van der Waals surface area contributed by atoms with Gasteiger partial charge in [-0.3, -0.25) is 14.3 Å². The minimum absolute atomic E-state index is 0.155. The Morgan fingerprint density at radius 1 is 1.17 bits per heavy atom. The van der Waals surface area contributed by atoms with Crippen molar-refractivity contribution >= 4 is 11.8 Å². The molecule has 1 aromatic carbocycles. The number of likely N-dealkylation sites (tertiary alicyclic amines) is 1. The quantitative estimate of drug-likeness (QED) is 0.719. The molecule has 1 aromatic heterocycles. The summed E-state index contributed by atoms with van der Waals surface area (Å²) >= 11 is 0. The van der Waals surface area contributed by atoms with E-state index in [0.717, 1.165) is 56.4 Å². The van der Waals surface area contributed by atoms with Crippen LogP contribution in [0.5, 0.6) is 5.75 Å². The molecule has 4 rings (SSSR count). The normalized spacial score (nSPS) is 18.8. The Kier molecular flexibility index (Phi) is 6.30. The van der Waals surface area contributed by atoms with Gasteiger partial charge in [0.15, 0.2) is 5.69 Å². The number of methoxy groups -OCH3 is 1. The highest BCUT2D eigenvalue weighted by molar-refractivity contribution is 5.92. The molecule has 1 N–H and O–H groups in total. The first kappa shape index (κ1) is 20.4. The topological polar surface area (TPSA) is 89.4 Å². The molecular formula is C22H29N5O3. The summed E-state index contributed by atoms with van der Waals surface area (Å²) in [6.45, 7) is 1.44. The molecule has 30 heavy (non-hydrogen) atoms. The number of nitrogens with one attached hydrogen (secondary N) is 1. The molecule has 8 nitrogen and oxygen atoms in total. The van der Waals surface area contributed by atoms with Crippen molar-refractivity contribution in [1.82, 2.24) is 25.2 Å². The molecule has 2 heterocycles. The molecule has 2 aliphatic rings. The Balaban J connectivity index is 1.32. The second-order valence-electron chi connectivity index (χ2n) is 8.16. The van der Waals surface area contributed by atoms with Gasteiger partial charge in [0.25, 0.3) is 5.91 Å². The van der Waals surface area contributed by atoms with Crippen LogP contribution in [-0.4, -0.2) is 57.4 Å². The largest absolute Gasteiger partial charge is 0.497 e. The van der Waals surface area contributed by atoms with Crippen LogP contribution in [0.15, 0.2) is 30.5 Å². The highest BCUT2D eigenvalue weighted by Crippen LogP contribution is 2.22.